The molecule has 0 saturated heterocycles. The van der Waals surface area contributed by atoms with Gasteiger partial charge in [-0.3, -0.25) is 9.59 Å². The Morgan fingerprint density at radius 1 is 0.838 bits per heavy atom. The number of para-hydroxylation sites is 2. The van der Waals surface area contributed by atoms with Crippen LogP contribution in [-0.2, 0) is 16.0 Å². The van der Waals surface area contributed by atoms with E-state index in [2.05, 4.69) is 17.6 Å². The van der Waals surface area contributed by atoms with Gasteiger partial charge in [-0.05, 0) is 60.4 Å². The first-order valence-corrected chi connectivity index (χ1v) is 13.1. The molecule has 0 aliphatic heterocycles. The Morgan fingerprint density at radius 2 is 1.54 bits per heavy atom. The first-order chi connectivity index (χ1) is 18.0. The summed E-state index contributed by atoms with van der Waals surface area (Å²) in [6, 6.07) is 32.5. The van der Waals surface area contributed by atoms with Crippen molar-refractivity contribution in [2.45, 2.75) is 30.4 Å². The van der Waals surface area contributed by atoms with Gasteiger partial charge in [-0.2, -0.15) is 0 Å². The highest BCUT2D eigenvalue weighted by Gasteiger charge is 2.23. The molecule has 2 amide bonds. The third-order valence-corrected chi connectivity index (χ3v) is 7.06. The molecule has 37 heavy (non-hydrogen) atoms. The number of ether oxygens (including phenoxy) is 1. The molecule has 0 aromatic heterocycles. The molecule has 2 N–H and O–H groups in total. The van der Waals surface area contributed by atoms with Crippen molar-refractivity contribution < 1.29 is 14.3 Å². The zero-order valence-electron chi connectivity index (χ0n) is 20.9. The van der Waals surface area contributed by atoms with Gasteiger partial charge in [0.15, 0.2) is 6.61 Å². The van der Waals surface area contributed by atoms with Crippen molar-refractivity contribution in [1.82, 2.24) is 0 Å². The highest BCUT2D eigenvalue weighted by atomic mass is 32.2. The van der Waals surface area contributed by atoms with Crippen LogP contribution in [0.2, 0.25) is 0 Å². The number of nitrogens with one attached hydrogen (secondary N) is 2. The lowest BCUT2D eigenvalue weighted by Gasteiger charge is -2.20. The van der Waals surface area contributed by atoms with Gasteiger partial charge in [0.25, 0.3) is 5.91 Å². The molecule has 5 nitrogen and oxygen atoms in total. The van der Waals surface area contributed by atoms with E-state index in [9.17, 15) is 9.59 Å². The van der Waals surface area contributed by atoms with Crippen LogP contribution >= 0.6 is 11.8 Å². The lowest BCUT2D eigenvalue weighted by molar-refractivity contribution is -0.118. The Morgan fingerprint density at radius 3 is 2.27 bits per heavy atom. The van der Waals surface area contributed by atoms with Gasteiger partial charge in [0.05, 0.1) is 0 Å². The molecule has 0 fully saturated rings. The molecular weight excluding hydrogens is 480 g/mol. The van der Waals surface area contributed by atoms with E-state index in [0.717, 1.165) is 33.7 Å². The summed E-state index contributed by atoms with van der Waals surface area (Å²) >= 11 is 1.45. The molecule has 0 bridgehead atoms. The lowest BCUT2D eigenvalue weighted by Crippen LogP contribution is -2.21. The molecule has 1 unspecified atom stereocenters. The van der Waals surface area contributed by atoms with Crippen molar-refractivity contribution in [3.05, 3.63) is 120 Å². The largest absolute Gasteiger partial charge is 0.484 e. The number of carbonyl (C=O) groups excluding carboxylic acids is 2. The standard InChI is InChI=1S/C31H30N2O3S/c1-3-23-15-10-12-22(2)29(23)33-31(35)30(24-13-6-4-7-14-24)37-27-19-11-16-25(20-27)32-28(34)21-36-26-17-8-5-9-18-26/h4-20,30H,3,21H2,1-2H3,(H,32,34)(H,33,35). The number of amides is 2. The molecular formula is C31H30N2O3S. The monoisotopic (exact) mass is 510 g/mol. The van der Waals surface area contributed by atoms with Crippen LogP contribution in [0.5, 0.6) is 5.75 Å². The molecule has 0 aliphatic rings. The summed E-state index contributed by atoms with van der Waals surface area (Å²) in [5.74, 6) is 0.291. The third kappa shape index (κ3) is 7.24. The molecule has 4 aromatic carbocycles. The average Bonchev–Trinajstić information content (AvgIpc) is 2.93. The van der Waals surface area contributed by atoms with Crippen molar-refractivity contribution in [3.63, 3.8) is 0 Å². The first kappa shape index (κ1) is 26.0. The predicted molar refractivity (Wildman–Crippen MR) is 151 cm³/mol. The smallest absolute Gasteiger partial charge is 0.262 e. The van der Waals surface area contributed by atoms with Crippen LogP contribution < -0.4 is 15.4 Å². The van der Waals surface area contributed by atoms with E-state index in [1.807, 2.05) is 97.9 Å². The fraction of sp³-hybridized carbons (Fsp3) is 0.161. The third-order valence-electron chi connectivity index (χ3n) is 5.81. The van der Waals surface area contributed by atoms with E-state index in [4.69, 9.17) is 4.74 Å². The second-order valence-electron chi connectivity index (χ2n) is 8.54. The first-order valence-electron chi connectivity index (χ1n) is 12.2. The van der Waals surface area contributed by atoms with Gasteiger partial charge in [-0.15, -0.1) is 11.8 Å². The Kier molecular flexibility index (Phi) is 9.00. The maximum atomic E-state index is 13.6. The van der Waals surface area contributed by atoms with E-state index in [1.165, 1.54) is 11.8 Å². The molecule has 0 saturated carbocycles. The zero-order valence-corrected chi connectivity index (χ0v) is 21.8. The van der Waals surface area contributed by atoms with E-state index in [1.54, 1.807) is 12.1 Å². The van der Waals surface area contributed by atoms with Gasteiger partial charge in [-0.1, -0.05) is 79.7 Å². The number of aryl methyl sites for hydroxylation is 2. The van der Waals surface area contributed by atoms with Crippen LogP contribution in [0.15, 0.2) is 108 Å². The predicted octanol–water partition coefficient (Wildman–Crippen LogP) is 7.05. The maximum absolute atomic E-state index is 13.6. The number of hydrogen-bond acceptors (Lipinski definition) is 4. The summed E-state index contributed by atoms with van der Waals surface area (Å²) in [4.78, 5) is 26.9. The Bertz CT molecular complexity index is 1340. The maximum Gasteiger partial charge on any atom is 0.262 e. The van der Waals surface area contributed by atoms with Gasteiger partial charge in [0, 0.05) is 16.3 Å². The number of rotatable bonds is 10. The fourth-order valence-corrected chi connectivity index (χ4v) is 5.02. The lowest BCUT2D eigenvalue weighted by atomic mass is 10.1. The Balaban J connectivity index is 1.49. The molecule has 4 rings (SSSR count). The molecule has 4 aromatic rings. The van der Waals surface area contributed by atoms with Crippen molar-refractivity contribution in [2.24, 2.45) is 0 Å². The summed E-state index contributed by atoms with van der Waals surface area (Å²) in [6.07, 6.45) is 0.830. The molecule has 0 heterocycles. The summed E-state index contributed by atoms with van der Waals surface area (Å²) in [5.41, 5.74) is 4.56. The number of carbonyl (C=O) groups is 2. The Hall–Kier alpha value is -4.03. The van der Waals surface area contributed by atoms with Gasteiger partial charge >= 0.3 is 0 Å². The van der Waals surface area contributed by atoms with Gasteiger partial charge < -0.3 is 15.4 Å². The van der Waals surface area contributed by atoms with Crippen molar-refractivity contribution >= 4 is 35.0 Å². The van der Waals surface area contributed by atoms with Crippen LogP contribution in [0.4, 0.5) is 11.4 Å². The van der Waals surface area contributed by atoms with Crippen LogP contribution in [0, 0.1) is 6.92 Å². The minimum atomic E-state index is -0.474. The Labute approximate surface area is 222 Å². The van der Waals surface area contributed by atoms with Gasteiger partial charge in [0.1, 0.15) is 11.0 Å². The summed E-state index contributed by atoms with van der Waals surface area (Å²) in [7, 11) is 0. The van der Waals surface area contributed by atoms with E-state index in [0.29, 0.717) is 11.4 Å². The van der Waals surface area contributed by atoms with Crippen LogP contribution in [0.1, 0.15) is 28.9 Å². The average molecular weight is 511 g/mol. The minimum Gasteiger partial charge on any atom is -0.484 e. The summed E-state index contributed by atoms with van der Waals surface area (Å²) in [6.45, 7) is 4.00. The van der Waals surface area contributed by atoms with Crippen molar-refractivity contribution in [3.8, 4) is 5.75 Å². The van der Waals surface area contributed by atoms with Gasteiger partial charge in [-0.25, -0.2) is 0 Å². The van der Waals surface area contributed by atoms with Gasteiger partial charge in [0.2, 0.25) is 5.91 Å². The number of hydrogen-bond donors (Lipinski definition) is 2. The molecule has 6 heteroatoms. The topological polar surface area (TPSA) is 67.4 Å². The normalized spacial score (nSPS) is 11.4. The fourth-order valence-electron chi connectivity index (χ4n) is 3.94. The van der Waals surface area contributed by atoms with E-state index >= 15 is 0 Å². The van der Waals surface area contributed by atoms with Crippen LogP contribution in [0.25, 0.3) is 0 Å². The molecule has 0 aliphatic carbocycles. The SMILES string of the molecule is CCc1cccc(C)c1NC(=O)C(Sc1cccc(NC(=O)COc2ccccc2)c1)c1ccccc1. The highest BCUT2D eigenvalue weighted by Crippen LogP contribution is 2.37. The van der Waals surface area contributed by atoms with Crippen molar-refractivity contribution in [2.75, 3.05) is 17.2 Å². The number of anilines is 2. The highest BCUT2D eigenvalue weighted by molar-refractivity contribution is 8.00. The quantitative estimate of drug-likeness (QED) is 0.224. The van der Waals surface area contributed by atoms with E-state index in [-0.39, 0.29) is 18.4 Å². The summed E-state index contributed by atoms with van der Waals surface area (Å²) in [5, 5.41) is 5.59. The molecule has 0 radical (unpaired) electrons. The molecule has 1 atom stereocenters. The van der Waals surface area contributed by atoms with Crippen molar-refractivity contribution in [1.29, 1.82) is 0 Å². The molecule has 0 spiro atoms. The van der Waals surface area contributed by atoms with Crippen LogP contribution in [-0.4, -0.2) is 18.4 Å². The van der Waals surface area contributed by atoms with Crippen LogP contribution in [0.3, 0.4) is 0 Å². The number of benzene rings is 4. The summed E-state index contributed by atoms with van der Waals surface area (Å²) < 4.78 is 5.54. The second kappa shape index (κ2) is 12.8. The van der Waals surface area contributed by atoms with E-state index < -0.39 is 5.25 Å². The zero-order chi connectivity index (χ0) is 26.0. The molecule has 188 valence electrons. The number of thioether (sulfide) groups is 1. The second-order valence-corrected chi connectivity index (χ2v) is 9.72. The minimum absolute atomic E-state index is 0.0907.